The predicted octanol–water partition coefficient (Wildman–Crippen LogP) is 3.81. The molecular formula is C21H26N4OS. The Balaban J connectivity index is 1.37. The van der Waals surface area contributed by atoms with Gasteiger partial charge in [0.2, 0.25) is 5.95 Å². The second kappa shape index (κ2) is 8.23. The molecule has 6 heteroatoms. The van der Waals surface area contributed by atoms with Gasteiger partial charge in [-0.1, -0.05) is 6.07 Å². The number of fused-ring (bicyclic) bond motifs is 1. The van der Waals surface area contributed by atoms with Crippen LogP contribution in [0.5, 0.6) is 5.75 Å². The van der Waals surface area contributed by atoms with Crippen LogP contribution in [0.3, 0.4) is 0 Å². The summed E-state index contributed by atoms with van der Waals surface area (Å²) in [6.07, 6.45) is 3.37. The first-order chi connectivity index (χ1) is 13.2. The largest absolute Gasteiger partial charge is 0.497 e. The normalized spacial score (nSPS) is 15.4. The van der Waals surface area contributed by atoms with Gasteiger partial charge in [0.05, 0.1) is 18.3 Å². The smallest absolute Gasteiger partial charge is 0.226 e. The number of thiophene rings is 1. The van der Waals surface area contributed by atoms with Crippen LogP contribution < -0.4 is 15.0 Å². The monoisotopic (exact) mass is 382 g/mol. The van der Waals surface area contributed by atoms with Crippen LogP contribution in [0.25, 0.3) is 10.9 Å². The van der Waals surface area contributed by atoms with Gasteiger partial charge in [0.25, 0.3) is 0 Å². The van der Waals surface area contributed by atoms with E-state index in [0.29, 0.717) is 6.04 Å². The van der Waals surface area contributed by atoms with Crippen LogP contribution in [0.2, 0.25) is 0 Å². The lowest BCUT2D eigenvalue weighted by molar-refractivity contribution is 0.414. The summed E-state index contributed by atoms with van der Waals surface area (Å²) in [6, 6.07) is 10.9. The zero-order chi connectivity index (χ0) is 18.6. The average molecular weight is 383 g/mol. The van der Waals surface area contributed by atoms with E-state index in [1.165, 1.54) is 4.88 Å². The Labute approximate surface area is 164 Å². The van der Waals surface area contributed by atoms with Gasteiger partial charge >= 0.3 is 0 Å². The molecule has 4 rings (SSSR count). The van der Waals surface area contributed by atoms with E-state index in [4.69, 9.17) is 14.7 Å². The van der Waals surface area contributed by atoms with Crippen molar-refractivity contribution in [2.45, 2.75) is 32.2 Å². The van der Waals surface area contributed by atoms with E-state index >= 15 is 0 Å². The van der Waals surface area contributed by atoms with Crippen molar-refractivity contribution in [2.75, 3.05) is 31.6 Å². The Bertz CT molecular complexity index is 889. The highest BCUT2D eigenvalue weighted by molar-refractivity contribution is 7.09. The molecule has 0 atom stereocenters. The van der Waals surface area contributed by atoms with E-state index in [1.807, 2.05) is 29.5 Å². The van der Waals surface area contributed by atoms with E-state index in [0.717, 1.165) is 67.2 Å². The van der Waals surface area contributed by atoms with Gasteiger partial charge in [0.1, 0.15) is 5.75 Å². The number of aryl methyl sites for hydroxylation is 1. The standard InChI is InChI=1S/C21H26N4OS/c1-15-19-6-5-17(26-2)14-20(19)24-21(23-15)25-11-8-16(9-12-25)22-10-7-18-4-3-13-27-18/h3-6,13-14,16,22H,7-12H2,1-2H3. The van der Waals surface area contributed by atoms with Crippen molar-refractivity contribution in [2.24, 2.45) is 0 Å². The van der Waals surface area contributed by atoms with Crippen LogP contribution >= 0.6 is 11.3 Å². The number of ether oxygens (including phenoxy) is 1. The fraction of sp³-hybridized carbons (Fsp3) is 0.429. The minimum absolute atomic E-state index is 0.586. The molecule has 0 saturated carbocycles. The van der Waals surface area contributed by atoms with Gasteiger partial charge in [-0.2, -0.15) is 0 Å². The predicted molar refractivity (Wildman–Crippen MR) is 112 cm³/mol. The molecule has 0 aliphatic carbocycles. The van der Waals surface area contributed by atoms with E-state index in [1.54, 1.807) is 7.11 Å². The zero-order valence-corrected chi connectivity index (χ0v) is 16.8. The molecule has 0 amide bonds. The topological polar surface area (TPSA) is 50.3 Å². The molecule has 3 aromatic rings. The first-order valence-electron chi connectivity index (χ1n) is 9.56. The van der Waals surface area contributed by atoms with Gasteiger partial charge in [-0.25, -0.2) is 9.97 Å². The molecule has 0 bridgehead atoms. The van der Waals surface area contributed by atoms with Crippen LogP contribution in [0.1, 0.15) is 23.4 Å². The number of piperidine rings is 1. The maximum atomic E-state index is 5.34. The highest BCUT2D eigenvalue weighted by Gasteiger charge is 2.21. The Morgan fingerprint density at radius 1 is 1.22 bits per heavy atom. The summed E-state index contributed by atoms with van der Waals surface area (Å²) in [5.74, 6) is 1.67. The van der Waals surface area contributed by atoms with E-state index < -0.39 is 0 Å². The number of anilines is 1. The van der Waals surface area contributed by atoms with Crippen molar-refractivity contribution in [3.63, 3.8) is 0 Å². The molecule has 27 heavy (non-hydrogen) atoms. The molecule has 0 unspecified atom stereocenters. The van der Waals surface area contributed by atoms with Crippen molar-refractivity contribution in [3.8, 4) is 5.75 Å². The van der Waals surface area contributed by atoms with Crippen molar-refractivity contribution in [1.29, 1.82) is 0 Å². The maximum Gasteiger partial charge on any atom is 0.226 e. The highest BCUT2D eigenvalue weighted by atomic mass is 32.1. The number of hydrogen-bond acceptors (Lipinski definition) is 6. The fourth-order valence-electron chi connectivity index (χ4n) is 3.66. The lowest BCUT2D eigenvalue weighted by atomic mass is 10.1. The van der Waals surface area contributed by atoms with Crippen LogP contribution in [0.4, 0.5) is 5.95 Å². The SMILES string of the molecule is COc1ccc2c(C)nc(N3CCC(NCCc4cccs4)CC3)nc2c1. The first-order valence-corrected chi connectivity index (χ1v) is 10.4. The summed E-state index contributed by atoms with van der Waals surface area (Å²) < 4.78 is 5.34. The van der Waals surface area contributed by atoms with Crippen LogP contribution in [-0.4, -0.2) is 42.8 Å². The summed E-state index contributed by atoms with van der Waals surface area (Å²) in [7, 11) is 1.69. The minimum Gasteiger partial charge on any atom is -0.497 e. The number of nitrogens with one attached hydrogen (secondary N) is 1. The molecule has 2 aromatic heterocycles. The molecule has 0 radical (unpaired) electrons. The number of rotatable bonds is 6. The number of benzene rings is 1. The second-order valence-electron chi connectivity index (χ2n) is 7.04. The van der Waals surface area contributed by atoms with E-state index in [-0.39, 0.29) is 0 Å². The molecule has 5 nitrogen and oxygen atoms in total. The molecule has 142 valence electrons. The molecule has 1 fully saturated rings. The van der Waals surface area contributed by atoms with Crippen LogP contribution in [-0.2, 0) is 6.42 Å². The zero-order valence-electron chi connectivity index (χ0n) is 15.9. The molecule has 1 N–H and O–H groups in total. The van der Waals surface area contributed by atoms with Crippen molar-refractivity contribution < 1.29 is 4.74 Å². The van der Waals surface area contributed by atoms with Crippen LogP contribution in [0, 0.1) is 6.92 Å². The van der Waals surface area contributed by atoms with Crippen molar-refractivity contribution in [1.82, 2.24) is 15.3 Å². The Morgan fingerprint density at radius 3 is 2.81 bits per heavy atom. The number of aromatic nitrogens is 2. The molecular weight excluding hydrogens is 356 g/mol. The quantitative estimate of drug-likeness (QED) is 0.703. The lowest BCUT2D eigenvalue weighted by Gasteiger charge is -2.32. The second-order valence-corrected chi connectivity index (χ2v) is 8.07. The number of hydrogen-bond donors (Lipinski definition) is 1. The van der Waals surface area contributed by atoms with Crippen molar-refractivity contribution in [3.05, 3.63) is 46.3 Å². The minimum atomic E-state index is 0.586. The number of methoxy groups -OCH3 is 1. The Hall–Kier alpha value is -2.18. The maximum absolute atomic E-state index is 5.34. The average Bonchev–Trinajstić information content (AvgIpc) is 3.21. The first kappa shape index (κ1) is 18.2. The van der Waals surface area contributed by atoms with Gasteiger partial charge in [0.15, 0.2) is 0 Å². The third-order valence-electron chi connectivity index (χ3n) is 5.25. The number of nitrogens with zero attached hydrogens (tertiary/aromatic N) is 3. The van der Waals surface area contributed by atoms with E-state index in [9.17, 15) is 0 Å². The summed E-state index contributed by atoms with van der Waals surface area (Å²) in [6.45, 7) is 5.09. The van der Waals surface area contributed by atoms with Gasteiger partial charge < -0.3 is 15.0 Å². The molecule has 1 aliphatic rings. The Kier molecular flexibility index (Phi) is 5.55. The van der Waals surface area contributed by atoms with Gasteiger partial charge in [-0.3, -0.25) is 0 Å². The Morgan fingerprint density at radius 2 is 2.07 bits per heavy atom. The van der Waals surface area contributed by atoms with Gasteiger partial charge in [-0.15, -0.1) is 11.3 Å². The van der Waals surface area contributed by atoms with E-state index in [2.05, 4.69) is 34.7 Å². The summed E-state index contributed by atoms with van der Waals surface area (Å²) in [4.78, 5) is 13.3. The van der Waals surface area contributed by atoms with Crippen LogP contribution in [0.15, 0.2) is 35.7 Å². The molecule has 1 saturated heterocycles. The van der Waals surface area contributed by atoms with Crippen molar-refractivity contribution >= 4 is 28.2 Å². The molecule has 3 heterocycles. The van der Waals surface area contributed by atoms with Gasteiger partial charge in [0, 0.05) is 42.0 Å². The summed E-state index contributed by atoms with van der Waals surface area (Å²) in [5.41, 5.74) is 1.97. The highest BCUT2D eigenvalue weighted by Crippen LogP contribution is 2.25. The lowest BCUT2D eigenvalue weighted by Crippen LogP contribution is -2.43. The fourth-order valence-corrected chi connectivity index (χ4v) is 4.37. The third kappa shape index (κ3) is 4.22. The van der Waals surface area contributed by atoms with Gasteiger partial charge in [-0.05, 0) is 49.8 Å². The summed E-state index contributed by atoms with van der Waals surface area (Å²) in [5, 5.41) is 6.95. The molecule has 1 aromatic carbocycles. The third-order valence-corrected chi connectivity index (χ3v) is 6.18. The molecule has 1 aliphatic heterocycles. The molecule has 0 spiro atoms. The summed E-state index contributed by atoms with van der Waals surface area (Å²) >= 11 is 1.84.